The molecular formula is C13H14O9. The Morgan fingerprint density at radius 1 is 0.818 bits per heavy atom. The van der Waals surface area contributed by atoms with Gasteiger partial charge in [-0.1, -0.05) is 0 Å². The third-order valence-electron chi connectivity index (χ3n) is 2.05. The predicted molar refractivity (Wildman–Crippen MR) is 69.2 cm³/mol. The van der Waals surface area contributed by atoms with Crippen LogP contribution in [0.1, 0.15) is 6.92 Å². The lowest BCUT2D eigenvalue weighted by Crippen LogP contribution is -2.17. The molecule has 9 nitrogen and oxygen atoms in total. The second-order valence-electron chi connectivity index (χ2n) is 3.58. The van der Waals surface area contributed by atoms with Gasteiger partial charge in [-0.25, -0.2) is 9.59 Å². The molecule has 22 heavy (non-hydrogen) atoms. The third-order valence-corrected chi connectivity index (χ3v) is 2.05. The first-order valence-electron chi connectivity index (χ1n) is 5.93. The van der Waals surface area contributed by atoms with Crippen molar-refractivity contribution in [3.8, 4) is 11.5 Å². The molecule has 120 valence electrons. The smallest absolute Gasteiger partial charge is 0.497 e. The molecule has 0 fully saturated rings. The molecule has 1 aromatic rings. The standard InChI is InChI=1S/C13H14O9/c1-9(14)18-7-19-12(15)20-8-21-13(16)22-11-5-3-10(17-2)4-6-11/h3-6H,7-8H2,1-2H3. The SMILES string of the molecule is COc1ccc(OC(=O)OCOC(=O)OCOC(C)=O)cc1. The lowest BCUT2D eigenvalue weighted by atomic mass is 10.3. The molecule has 0 aliphatic heterocycles. The van der Waals surface area contributed by atoms with Crippen LogP contribution in [-0.2, 0) is 23.7 Å². The minimum absolute atomic E-state index is 0.225. The Morgan fingerprint density at radius 2 is 1.32 bits per heavy atom. The summed E-state index contributed by atoms with van der Waals surface area (Å²) < 4.78 is 27.2. The first-order chi connectivity index (χ1) is 10.5. The summed E-state index contributed by atoms with van der Waals surface area (Å²) in [5, 5.41) is 0. The highest BCUT2D eigenvalue weighted by Crippen LogP contribution is 2.17. The van der Waals surface area contributed by atoms with Gasteiger partial charge in [0.1, 0.15) is 11.5 Å². The number of methoxy groups -OCH3 is 1. The van der Waals surface area contributed by atoms with Crippen molar-refractivity contribution in [2.45, 2.75) is 6.92 Å². The first-order valence-corrected chi connectivity index (χ1v) is 5.93. The van der Waals surface area contributed by atoms with Crippen LogP contribution in [0.4, 0.5) is 9.59 Å². The highest BCUT2D eigenvalue weighted by atomic mass is 16.8. The Morgan fingerprint density at radius 3 is 1.86 bits per heavy atom. The molecule has 0 atom stereocenters. The molecule has 0 amide bonds. The summed E-state index contributed by atoms with van der Waals surface area (Å²) in [6.07, 6.45) is -2.24. The van der Waals surface area contributed by atoms with Gasteiger partial charge < -0.3 is 28.4 Å². The molecule has 1 aromatic carbocycles. The van der Waals surface area contributed by atoms with E-state index in [1.807, 2.05) is 0 Å². The third kappa shape index (κ3) is 6.98. The zero-order chi connectivity index (χ0) is 16.4. The van der Waals surface area contributed by atoms with E-state index in [4.69, 9.17) is 9.47 Å². The van der Waals surface area contributed by atoms with Crippen molar-refractivity contribution in [3.05, 3.63) is 24.3 Å². The summed E-state index contributed by atoms with van der Waals surface area (Å²) in [6.45, 7) is -0.161. The maximum Gasteiger partial charge on any atom is 0.516 e. The lowest BCUT2D eigenvalue weighted by Gasteiger charge is -2.07. The van der Waals surface area contributed by atoms with Crippen LogP contribution in [0.5, 0.6) is 11.5 Å². The first kappa shape index (κ1) is 17.1. The quantitative estimate of drug-likeness (QED) is 0.441. The van der Waals surface area contributed by atoms with Crippen LogP contribution in [0.15, 0.2) is 24.3 Å². The number of benzene rings is 1. The van der Waals surface area contributed by atoms with Crippen molar-refractivity contribution in [1.82, 2.24) is 0 Å². The van der Waals surface area contributed by atoms with E-state index in [-0.39, 0.29) is 5.75 Å². The lowest BCUT2D eigenvalue weighted by molar-refractivity contribution is -0.151. The molecule has 0 spiro atoms. The van der Waals surface area contributed by atoms with Crippen molar-refractivity contribution < 1.29 is 42.8 Å². The number of rotatable bonds is 6. The van der Waals surface area contributed by atoms with Gasteiger partial charge in [0.15, 0.2) is 0 Å². The molecule has 1 rings (SSSR count). The van der Waals surface area contributed by atoms with Crippen molar-refractivity contribution >= 4 is 18.3 Å². The summed E-state index contributed by atoms with van der Waals surface area (Å²) in [6, 6.07) is 6.17. The zero-order valence-electron chi connectivity index (χ0n) is 11.9. The van der Waals surface area contributed by atoms with Crippen molar-refractivity contribution in [3.63, 3.8) is 0 Å². The fourth-order valence-electron chi connectivity index (χ4n) is 1.10. The van der Waals surface area contributed by atoms with E-state index < -0.39 is 31.9 Å². The van der Waals surface area contributed by atoms with Crippen LogP contribution in [0.25, 0.3) is 0 Å². The Labute approximate surface area is 125 Å². The Balaban J connectivity index is 2.19. The Bertz CT molecular complexity index is 509. The van der Waals surface area contributed by atoms with Gasteiger partial charge >= 0.3 is 18.3 Å². The van der Waals surface area contributed by atoms with E-state index >= 15 is 0 Å². The molecule has 0 aromatic heterocycles. The molecule has 0 unspecified atom stereocenters. The van der Waals surface area contributed by atoms with Crippen LogP contribution in [0.3, 0.4) is 0 Å². The van der Waals surface area contributed by atoms with Gasteiger partial charge in [-0.05, 0) is 24.3 Å². The number of carbonyl (C=O) groups excluding carboxylic acids is 3. The summed E-state index contributed by atoms with van der Waals surface area (Å²) in [4.78, 5) is 32.6. The second kappa shape index (κ2) is 9.06. The molecular weight excluding hydrogens is 300 g/mol. The normalized spacial score (nSPS) is 9.36. The van der Waals surface area contributed by atoms with Crippen LogP contribution >= 0.6 is 0 Å². The number of carbonyl (C=O) groups is 3. The largest absolute Gasteiger partial charge is 0.516 e. The molecule has 0 N–H and O–H groups in total. The molecule has 0 saturated carbocycles. The molecule has 9 heteroatoms. The van der Waals surface area contributed by atoms with E-state index in [2.05, 4.69) is 18.9 Å². The van der Waals surface area contributed by atoms with Gasteiger partial charge in [-0.2, -0.15) is 0 Å². The molecule has 0 bridgehead atoms. The van der Waals surface area contributed by atoms with Gasteiger partial charge in [0.2, 0.25) is 13.6 Å². The van der Waals surface area contributed by atoms with E-state index in [0.29, 0.717) is 5.75 Å². The summed E-state index contributed by atoms with van der Waals surface area (Å²) in [7, 11) is 1.50. The summed E-state index contributed by atoms with van der Waals surface area (Å²) >= 11 is 0. The van der Waals surface area contributed by atoms with E-state index in [0.717, 1.165) is 6.92 Å². The average Bonchev–Trinajstić information content (AvgIpc) is 2.47. The Hall–Kier alpha value is -2.97. The monoisotopic (exact) mass is 314 g/mol. The minimum atomic E-state index is -1.17. The fraction of sp³-hybridized carbons (Fsp3) is 0.308. The fourth-order valence-corrected chi connectivity index (χ4v) is 1.10. The molecule has 0 radical (unpaired) electrons. The van der Waals surface area contributed by atoms with Crippen LogP contribution in [-0.4, -0.2) is 39.0 Å². The highest BCUT2D eigenvalue weighted by Gasteiger charge is 2.09. The van der Waals surface area contributed by atoms with Crippen molar-refractivity contribution in [2.75, 3.05) is 20.7 Å². The molecule has 0 aliphatic carbocycles. The van der Waals surface area contributed by atoms with Crippen LogP contribution in [0.2, 0.25) is 0 Å². The average molecular weight is 314 g/mol. The zero-order valence-corrected chi connectivity index (χ0v) is 11.9. The molecule has 0 heterocycles. The maximum atomic E-state index is 11.3. The van der Waals surface area contributed by atoms with Gasteiger partial charge in [-0.15, -0.1) is 0 Å². The van der Waals surface area contributed by atoms with Gasteiger partial charge in [0.05, 0.1) is 7.11 Å². The Kier molecular flexibility index (Phi) is 7.03. The summed E-state index contributed by atoms with van der Waals surface area (Å²) in [5.74, 6) is 0.204. The van der Waals surface area contributed by atoms with Gasteiger partial charge in [0.25, 0.3) is 0 Å². The minimum Gasteiger partial charge on any atom is -0.497 e. The second-order valence-corrected chi connectivity index (χ2v) is 3.58. The van der Waals surface area contributed by atoms with Crippen LogP contribution < -0.4 is 9.47 Å². The number of ether oxygens (including phenoxy) is 6. The predicted octanol–water partition coefficient (Wildman–Crippen LogP) is 1.84. The van der Waals surface area contributed by atoms with Crippen LogP contribution in [0, 0.1) is 0 Å². The van der Waals surface area contributed by atoms with Crippen molar-refractivity contribution in [1.29, 1.82) is 0 Å². The van der Waals surface area contributed by atoms with Crippen molar-refractivity contribution in [2.24, 2.45) is 0 Å². The molecule has 0 saturated heterocycles. The highest BCUT2D eigenvalue weighted by molar-refractivity contribution is 5.66. The number of esters is 1. The van der Waals surface area contributed by atoms with E-state index in [1.165, 1.54) is 19.2 Å². The van der Waals surface area contributed by atoms with E-state index in [9.17, 15) is 14.4 Å². The van der Waals surface area contributed by atoms with E-state index in [1.54, 1.807) is 12.1 Å². The maximum absolute atomic E-state index is 11.3. The number of hydrogen-bond donors (Lipinski definition) is 0. The van der Waals surface area contributed by atoms with Gasteiger partial charge in [0, 0.05) is 6.92 Å². The molecule has 0 aliphatic rings. The summed E-state index contributed by atoms with van der Waals surface area (Å²) in [5.41, 5.74) is 0. The van der Waals surface area contributed by atoms with Gasteiger partial charge in [-0.3, -0.25) is 4.79 Å². The topological polar surface area (TPSA) is 107 Å². The number of hydrogen-bond acceptors (Lipinski definition) is 9.